The minimum Gasteiger partial charge on any atom is -0.369 e. The van der Waals surface area contributed by atoms with E-state index in [0.717, 1.165) is 18.8 Å². The lowest BCUT2D eigenvalue weighted by atomic mass is 10.3. The van der Waals surface area contributed by atoms with Crippen LogP contribution in [0.25, 0.3) is 0 Å². The van der Waals surface area contributed by atoms with Crippen molar-refractivity contribution in [3.8, 4) is 0 Å². The summed E-state index contributed by atoms with van der Waals surface area (Å²) in [5.74, 6) is 0.600. The Bertz CT molecular complexity index is 265. The van der Waals surface area contributed by atoms with Crippen molar-refractivity contribution >= 4 is 5.95 Å². The quantitative estimate of drug-likeness (QED) is 0.730. The van der Waals surface area contributed by atoms with Gasteiger partial charge in [-0.1, -0.05) is 13.8 Å². The van der Waals surface area contributed by atoms with Crippen LogP contribution in [0.1, 0.15) is 26.5 Å². The highest BCUT2D eigenvalue weighted by molar-refractivity contribution is 5.21. The number of nitrogens with one attached hydrogen (secondary N) is 1. The molecule has 0 amide bonds. The number of hydrogen-bond acceptors (Lipinski definition) is 3. The molecule has 1 aromatic heterocycles. The molecule has 3 N–H and O–H groups in total. The predicted molar refractivity (Wildman–Crippen MR) is 54.3 cm³/mol. The molecular weight excluding hydrogens is 164 g/mol. The molecule has 13 heavy (non-hydrogen) atoms. The van der Waals surface area contributed by atoms with E-state index in [2.05, 4.69) is 31.1 Å². The molecule has 0 aliphatic carbocycles. The predicted octanol–water partition coefficient (Wildman–Crippen LogP) is 0.983. The van der Waals surface area contributed by atoms with Gasteiger partial charge in [0.1, 0.15) is 0 Å². The summed E-state index contributed by atoms with van der Waals surface area (Å²) >= 11 is 0. The van der Waals surface area contributed by atoms with Gasteiger partial charge in [-0.2, -0.15) is 0 Å². The zero-order valence-corrected chi connectivity index (χ0v) is 8.54. The number of nitrogens with two attached hydrogens (primary N) is 1. The number of nitrogens with zero attached hydrogens (tertiary/aromatic N) is 2. The Morgan fingerprint density at radius 2 is 2.31 bits per heavy atom. The van der Waals surface area contributed by atoms with Crippen molar-refractivity contribution in [3.05, 3.63) is 11.9 Å². The summed E-state index contributed by atoms with van der Waals surface area (Å²) in [6.45, 7) is 7.94. The second kappa shape index (κ2) is 4.28. The van der Waals surface area contributed by atoms with Crippen LogP contribution in [0.3, 0.4) is 0 Å². The Kier molecular flexibility index (Phi) is 3.31. The topological polar surface area (TPSA) is 55.9 Å². The molecule has 74 valence electrons. The lowest BCUT2D eigenvalue weighted by molar-refractivity contribution is 0.582. The lowest BCUT2D eigenvalue weighted by Crippen LogP contribution is -2.21. The molecule has 0 saturated heterocycles. The largest absolute Gasteiger partial charge is 0.369 e. The fraction of sp³-hybridized carbons (Fsp3) is 0.667. The monoisotopic (exact) mass is 182 g/mol. The number of nitrogen functional groups attached to an aromatic ring is 1. The second-order valence-electron chi connectivity index (χ2n) is 3.41. The first-order valence-electron chi connectivity index (χ1n) is 4.68. The van der Waals surface area contributed by atoms with E-state index in [1.54, 1.807) is 0 Å². The maximum atomic E-state index is 5.68. The van der Waals surface area contributed by atoms with Crippen molar-refractivity contribution in [3.63, 3.8) is 0 Å². The molecule has 0 saturated carbocycles. The molecule has 0 unspecified atom stereocenters. The average molecular weight is 182 g/mol. The molecule has 0 radical (unpaired) electrons. The molecule has 0 aliphatic rings. The maximum absolute atomic E-state index is 5.68. The molecule has 0 bridgehead atoms. The Morgan fingerprint density at radius 1 is 1.62 bits per heavy atom. The summed E-state index contributed by atoms with van der Waals surface area (Å²) in [5.41, 5.74) is 6.69. The number of imidazole rings is 1. The molecule has 1 heterocycles. The molecule has 1 rings (SSSR count). The van der Waals surface area contributed by atoms with E-state index in [0.29, 0.717) is 12.0 Å². The van der Waals surface area contributed by atoms with Crippen molar-refractivity contribution in [2.75, 3.05) is 5.73 Å². The van der Waals surface area contributed by atoms with Gasteiger partial charge in [-0.15, -0.1) is 0 Å². The van der Waals surface area contributed by atoms with E-state index in [1.165, 1.54) is 0 Å². The summed E-state index contributed by atoms with van der Waals surface area (Å²) in [6.07, 6.45) is 1.99. The number of hydrogen-bond donors (Lipinski definition) is 2. The van der Waals surface area contributed by atoms with Crippen LogP contribution in [0.5, 0.6) is 0 Å². The van der Waals surface area contributed by atoms with Crippen LogP contribution < -0.4 is 11.1 Å². The van der Waals surface area contributed by atoms with Crippen LogP contribution in [0.4, 0.5) is 5.95 Å². The normalized spacial score (nSPS) is 11.1. The van der Waals surface area contributed by atoms with Gasteiger partial charge in [0.15, 0.2) is 5.95 Å². The van der Waals surface area contributed by atoms with Crippen LogP contribution in [-0.4, -0.2) is 15.6 Å². The van der Waals surface area contributed by atoms with Crippen molar-refractivity contribution in [1.29, 1.82) is 0 Å². The molecule has 0 atom stereocenters. The van der Waals surface area contributed by atoms with Crippen LogP contribution in [0, 0.1) is 0 Å². The number of anilines is 1. The first kappa shape index (κ1) is 10.1. The zero-order chi connectivity index (χ0) is 9.84. The molecule has 0 fully saturated rings. The number of rotatable bonds is 4. The second-order valence-corrected chi connectivity index (χ2v) is 3.41. The van der Waals surface area contributed by atoms with Gasteiger partial charge in [0.2, 0.25) is 0 Å². The fourth-order valence-corrected chi connectivity index (χ4v) is 1.13. The van der Waals surface area contributed by atoms with E-state index in [-0.39, 0.29) is 0 Å². The molecule has 0 aromatic carbocycles. The van der Waals surface area contributed by atoms with Crippen molar-refractivity contribution < 1.29 is 0 Å². The van der Waals surface area contributed by atoms with Gasteiger partial charge in [-0.3, -0.25) is 0 Å². The molecule has 1 aromatic rings. The molecule has 4 nitrogen and oxygen atoms in total. The molecular formula is C9H18N4. The SMILES string of the molecule is CCn1cc(CNC(C)C)nc1N. The van der Waals surface area contributed by atoms with Gasteiger partial charge in [-0.05, 0) is 6.92 Å². The Hall–Kier alpha value is -1.03. The third-order valence-corrected chi connectivity index (χ3v) is 1.89. The first-order chi connectivity index (χ1) is 6.13. The average Bonchev–Trinajstić information content (AvgIpc) is 2.43. The van der Waals surface area contributed by atoms with Gasteiger partial charge >= 0.3 is 0 Å². The molecule has 0 aliphatic heterocycles. The first-order valence-corrected chi connectivity index (χ1v) is 4.68. The van der Waals surface area contributed by atoms with E-state index in [9.17, 15) is 0 Å². The van der Waals surface area contributed by atoms with E-state index >= 15 is 0 Å². The number of aryl methyl sites for hydroxylation is 1. The summed E-state index contributed by atoms with van der Waals surface area (Å²) in [5, 5.41) is 3.30. The summed E-state index contributed by atoms with van der Waals surface area (Å²) in [7, 11) is 0. The highest BCUT2D eigenvalue weighted by Crippen LogP contribution is 2.04. The van der Waals surface area contributed by atoms with Crippen LogP contribution in [0.2, 0.25) is 0 Å². The summed E-state index contributed by atoms with van der Waals surface area (Å²) < 4.78 is 1.94. The smallest absolute Gasteiger partial charge is 0.200 e. The molecule has 4 heteroatoms. The summed E-state index contributed by atoms with van der Waals surface area (Å²) in [4.78, 5) is 4.23. The van der Waals surface area contributed by atoms with Gasteiger partial charge in [0.05, 0.1) is 5.69 Å². The minimum absolute atomic E-state index is 0.480. The maximum Gasteiger partial charge on any atom is 0.200 e. The van der Waals surface area contributed by atoms with Gasteiger partial charge in [0.25, 0.3) is 0 Å². The highest BCUT2D eigenvalue weighted by atomic mass is 15.1. The number of aromatic nitrogens is 2. The van der Waals surface area contributed by atoms with E-state index in [1.807, 2.05) is 10.8 Å². The Balaban J connectivity index is 2.57. The van der Waals surface area contributed by atoms with E-state index in [4.69, 9.17) is 5.73 Å². The van der Waals surface area contributed by atoms with Crippen molar-refractivity contribution in [2.45, 2.75) is 39.9 Å². The van der Waals surface area contributed by atoms with Gasteiger partial charge < -0.3 is 15.6 Å². The lowest BCUT2D eigenvalue weighted by Gasteiger charge is -2.04. The fourth-order valence-electron chi connectivity index (χ4n) is 1.13. The minimum atomic E-state index is 0.480. The standard InChI is InChI=1S/C9H18N4/c1-4-13-6-8(12-9(13)10)5-11-7(2)3/h6-7,11H,4-5H2,1-3H3,(H2,10,12). The highest BCUT2D eigenvalue weighted by Gasteiger charge is 2.02. The van der Waals surface area contributed by atoms with Gasteiger partial charge in [0, 0.05) is 25.3 Å². The zero-order valence-electron chi connectivity index (χ0n) is 8.54. The Labute approximate surface area is 79.1 Å². The van der Waals surface area contributed by atoms with Crippen molar-refractivity contribution in [2.24, 2.45) is 0 Å². The van der Waals surface area contributed by atoms with Crippen LogP contribution in [-0.2, 0) is 13.1 Å². The van der Waals surface area contributed by atoms with Gasteiger partial charge in [-0.25, -0.2) is 4.98 Å². The Morgan fingerprint density at radius 3 is 2.77 bits per heavy atom. The van der Waals surface area contributed by atoms with Crippen molar-refractivity contribution in [1.82, 2.24) is 14.9 Å². The van der Waals surface area contributed by atoms with E-state index < -0.39 is 0 Å². The third-order valence-electron chi connectivity index (χ3n) is 1.89. The van der Waals surface area contributed by atoms with Crippen LogP contribution >= 0.6 is 0 Å². The third kappa shape index (κ3) is 2.73. The molecule has 0 spiro atoms. The summed E-state index contributed by atoms with van der Waals surface area (Å²) in [6, 6.07) is 0.480. The van der Waals surface area contributed by atoms with Crippen LogP contribution in [0.15, 0.2) is 6.20 Å².